The molecule has 0 bridgehead atoms. The Hall–Kier alpha value is -3.19. The molecule has 5 rings (SSSR count). The number of nitrogens with two attached hydrogens (primary N) is 1. The van der Waals surface area contributed by atoms with Gasteiger partial charge in [-0.1, -0.05) is 29.5 Å². The fourth-order valence-corrected chi connectivity index (χ4v) is 4.63. The summed E-state index contributed by atoms with van der Waals surface area (Å²) in [7, 11) is 0. The lowest BCUT2D eigenvalue weighted by molar-refractivity contribution is -0.116. The van der Waals surface area contributed by atoms with E-state index in [4.69, 9.17) is 5.73 Å². The number of nitrogens with zero attached hydrogens (tertiary/aromatic N) is 2. The Morgan fingerprint density at radius 1 is 1.28 bits per heavy atom. The molecule has 2 heterocycles. The molecular formula is C22H20N4O2S. The number of nitrogens with one attached hydrogen (secondary N) is 1. The van der Waals surface area contributed by atoms with Crippen LogP contribution in [0, 0.1) is 12.8 Å². The number of hydrogen-bond donors (Lipinski definition) is 2. The first-order chi connectivity index (χ1) is 14.0. The summed E-state index contributed by atoms with van der Waals surface area (Å²) in [6.45, 7) is 2.09. The minimum Gasteiger partial charge on any atom is -0.375 e. The summed E-state index contributed by atoms with van der Waals surface area (Å²) in [6.07, 6.45) is 3.74. The second-order valence-electron chi connectivity index (χ2n) is 7.57. The van der Waals surface area contributed by atoms with Crippen molar-refractivity contribution in [3.63, 3.8) is 0 Å². The van der Waals surface area contributed by atoms with E-state index in [2.05, 4.69) is 10.3 Å². The second-order valence-corrected chi connectivity index (χ2v) is 8.63. The normalized spacial score (nSPS) is 13.8. The maximum absolute atomic E-state index is 12.7. The molecule has 29 heavy (non-hydrogen) atoms. The van der Waals surface area contributed by atoms with E-state index in [0.717, 1.165) is 45.2 Å². The lowest BCUT2D eigenvalue weighted by Crippen LogP contribution is -2.18. The fourth-order valence-electron chi connectivity index (χ4n) is 3.78. The summed E-state index contributed by atoms with van der Waals surface area (Å²) in [6, 6.07) is 11.5. The Balaban J connectivity index is 1.42. The first-order valence-corrected chi connectivity index (χ1v) is 10.4. The van der Waals surface area contributed by atoms with Crippen LogP contribution in [0.5, 0.6) is 0 Å². The number of hydrogen-bond acceptors (Lipinski definition) is 5. The van der Waals surface area contributed by atoms with Gasteiger partial charge in [-0.3, -0.25) is 9.59 Å². The first kappa shape index (κ1) is 17.9. The van der Waals surface area contributed by atoms with Crippen LogP contribution in [-0.4, -0.2) is 21.2 Å². The molecule has 4 aromatic rings. The number of aromatic nitrogens is 2. The zero-order valence-electron chi connectivity index (χ0n) is 15.9. The van der Waals surface area contributed by atoms with Gasteiger partial charge in [0.1, 0.15) is 6.54 Å². The van der Waals surface area contributed by atoms with Gasteiger partial charge in [0, 0.05) is 34.3 Å². The van der Waals surface area contributed by atoms with Crippen molar-refractivity contribution in [3.05, 3.63) is 53.7 Å². The van der Waals surface area contributed by atoms with Gasteiger partial charge < -0.3 is 15.6 Å². The first-order valence-electron chi connectivity index (χ1n) is 9.58. The van der Waals surface area contributed by atoms with Gasteiger partial charge in [0.15, 0.2) is 10.9 Å². The molecule has 7 heteroatoms. The molecule has 1 aliphatic carbocycles. The number of anilines is 2. The monoisotopic (exact) mass is 404 g/mol. The molecule has 0 spiro atoms. The predicted molar refractivity (Wildman–Crippen MR) is 116 cm³/mol. The van der Waals surface area contributed by atoms with E-state index < -0.39 is 0 Å². The number of benzene rings is 2. The zero-order valence-corrected chi connectivity index (χ0v) is 16.8. The second kappa shape index (κ2) is 6.70. The van der Waals surface area contributed by atoms with E-state index in [-0.39, 0.29) is 24.2 Å². The summed E-state index contributed by atoms with van der Waals surface area (Å²) >= 11 is 1.40. The molecule has 0 saturated heterocycles. The molecule has 0 aliphatic heterocycles. The number of Topliss-reactive ketones (excluding diaryl/α,β-unsaturated/α-hetero) is 1. The molecule has 0 unspecified atom stereocenters. The average molecular weight is 404 g/mol. The molecule has 3 N–H and O–H groups in total. The summed E-state index contributed by atoms with van der Waals surface area (Å²) in [4.78, 5) is 29.7. The lowest BCUT2D eigenvalue weighted by atomic mass is 10.1. The van der Waals surface area contributed by atoms with Crippen LogP contribution in [0.25, 0.3) is 21.1 Å². The number of carbonyl (C=O) groups excluding carboxylic acids is 2. The third-order valence-corrected chi connectivity index (χ3v) is 6.13. The number of carbonyl (C=O) groups is 2. The lowest BCUT2D eigenvalue weighted by Gasteiger charge is -2.08. The van der Waals surface area contributed by atoms with Crippen LogP contribution < -0.4 is 11.1 Å². The molecule has 1 aliphatic rings. The highest BCUT2D eigenvalue weighted by molar-refractivity contribution is 7.22. The molecule has 0 atom stereocenters. The molecular weight excluding hydrogens is 384 g/mol. The highest BCUT2D eigenvalue weighted by atomic mass is 32.1. The maximum atomic E-state index is 12.7. The number of thiazole rings is 1. The number of nitrogen functional groups attached to an aromatic ring is 1. The van der Waals surface area contributed by atoms with Gasteiger partial charge >= 0.3 is 0 Å². The van der Waals surface area contributed by atoms with Crippen molar-refractivity contribution in [2.45, 2.75) is 26.3 Å². The summed E-state index contributed by atoms with van der Waals surface area (Å²) < 4.78 is 2.80. The number of aryl methyl sites for hydroxylation is 1. The number of fused-ring (bicyclic) bond motifs is 2. The largest absolute Gasteiger partial charge is 0.375 e. The number of ketones is 1. The van der Waals surface area contributed by atoms with E-state index >= 15 is 0 Å². The van der Waals surface area contributed by atoms with Crippen LogP contribution in [0.1, 0.15) is 28.8 Å². The summed E-state index contributed by atoms with van der Waals surface area (Å²) in [5.41, 5.74) is 9.97. The predicted octanol–water partition coefficient (Wildman–Crippen LogP) is 4.37. The number of rotatable bonds is 5. The molecule has 1 saturated carbocycles. The van der Waals surface area contributed by atoms with Crippen molar-refractivity contribution in [3.8, 4) is 0 Å². The summed E-state index contributed by atoms with van der Waals surface area (Å²) in [5.74, 6) is 0.182. The number of amides is 1. The van der Waals surface area contributed by atoms with Gasteiger partial charge in [0.25, 0.3) is 0 Å². The van der Waals surface area contributed by atoms with Crippen molar-refractivity contribution >= 4 is 55.0 Å². The Bertz CT molecular complexity index is 1280. The average Bonchev–Trinajstić information content (AvgIpc) is 3.38. The third kappa shape index (κ3) is 3.27. The van der Waals surface area contributed by atoms with Gasteiger partial charge in [0.2, 0.25) is 5.91 Å². The fraction of sp³-hybridized carbons (Fsp3) is 0.227. The van der Waals surface area contributed by atoms with E-state index in [1.165, 1.54) is 11.3 Å². The Kier molecular flexibility index (Phi) is 4.13. The van der Waals surface area contributed by atoms with Crippen LogP contribution in [0.2, 0.25) is 0 Å². The van der Waals surface area contributed by atoms with Crippen molar-refractivity contribution in [1.29, 1.82) is 0 Å². The van der Waals surface area contributed by atoms with Crippen LogP contribution in [0.4, 0.5) is 10.8 Å². The topological polar surface area (TPSA) is 90.0 Å². The molecule has 1 amide bonds. The quantitative estimate of drug-likeness (QED) is 0.483. The van der Waals surface area contributed by atoms with Crippen molar-refractivity contribution < 1.29 is 9.59 Å². The van der Waals surface area contributed by atoms with Gasteiger partial charge in [-0.15, -0.1) is 0 Å². The molecule has 6 nitrogen and oxygen atoms in total. The Labute approximate surface area is 171 Å². The molecule has 2 aromatic carbocycles. The van der Waals surface area contributed by atoms with E-state index in [1.807, 2.05) is 54.1 Å². The van der Waals surface area contributed by atoms with Crippen LogP contribution >= 0.6 is 11.3 Å². The Morgan fingerprint density at radius 2 is 2.07 bits per heavy atom. The van der Waals surface area contributed by atoms with Gasteiger partial charge in [0.05, 0.1) is 10.2 Å². The van der Waals surface area contributed by atoms with Crippen molar-refractivity contribution in [2.24, 2.45) is 5.92 Å². The smallest absolute Gasteiger partial charge is 0.244 e. The molecule has 0 radical (unpaired) electrons. The van der Waals surface area contributed by atoms with E-state index in [0.29, 0.717) is 10.7 Å². The van der Waals surface area contributed by atoms with Crippen molar-refractivity contribution in [1.82, 2.24) is 9.55 Å². The van der Waals surface area contributed by atoms with Gasteiger partial charge in [-0.25, -0.2) is 4.98 Å². The van der Waals surface area contributed by atoms with Crippen molar-refractivity contribution in [2.75, 3.05) is 11.1 Å². The SMILES string of the molecule is Cc1cc(NC(=O)Cn2cc(C(=O)C3CC3)c3ccccc32)cc2sc(N)nc12. The number of para-hydroxylation sites is 1. The minimum absolute atomic E-state index is 0.139. The highest BCUT2D eigenvalue weighted by Crippen LogP contribution is 2.35. The molecule has 1 fully saturated rings. The highest BCUT2D eigenvalue weighted by Gasteiger charge is 2.32. The minimum atomic E-state index is -0.146. The van der Waals surface area contributed by atoms with Crippen LogP contribution in [0.3, 0.4) is 0 Å². The van der Waals surface area contributed by atoms with Gasteiger partial charge in [-0.2, -0.15) is 0 Å². The van der Waals surface area contributed by atoms with E-state index in [9.17, 15) is 9.59 Å². The van der Waals surface area contributed by atoms with Crippen LogP contribution in [0.15, 0.2) is 42.6 Å². The third-order valence-electron chi connectivity index (χ3n) is 5.30. The maximum Gasteiger partial charge on any atom is 0.244 e. The van der Waals surface area contributed by atoms with Crippen LogP contribution in [-0.2, 0) is 11.3 Å². The standard InChI is InChI=1S/C22H20N4O2S/c1-12-8-14(9-18-20(12)25-22(23)29-18)24-19(27)11-26-10-16(21(28)13-6-7-13)15-4-2-3-5-17(15)26/h2-5,8-10,13H,6-7,11H2,1H3,(H2,23,25)(H,24,27). The van der Waals surface area contributed by atoms with E-state index in [1.54, 1.807) is 0 Å². The zero-order chi connectivity index (χ0) is 20.1. The molecule has 2 aromatic heterocycles. The Morgan fingerprint density at radius 3 is 2.86 bits per heavy atom. The summed E-state index contributed by atoms with van der Waals surface area (Å²) in [5, 5.41) is 4.39. The molecule has 146 valence electrons. The van der Waals surface area contributed by atoms with Gasteiger partial charge in [-0.05, 0) is 43.5 Å².